The average Bonchev–Trinajstić information content (AvgIpc) is 3.25. The van der Waals surface area contributed by atoms with E-state index in [-0.39, 0.29) is 25.8 Å². The van der Waals surface area contributed by atoms with E-state index in [9.17, 15) is 14.3 Å². The van der Waals surface area contributed by atoms with Crippen LogP contribution in [-0.2, 0) is 27.9 Å². The van der Waals surface area contributed by atoms with E-state index in [4.69, 9.17) is 18.5 Å². The zero-order valence-corrected chi connectivity index (χ0v) is 43.6. The zero-order chi connectivity index (χ0) is 46.9. The Morgan fingerprint density at radius 3 is 1.36 bits per heavy atom. The van der Waals surface area contributed by atoms with Gasteiger partial charge in [-0.25, -0.2) is 0 Å². The van der Waals surface area contributed by atoms with Gasteiger partial charge in [-0.2, -0.15) is 0 Å². The van der Waals surface area contributed by atoms with Crippen LogP contribution in [0, 0.1) is 0 Å². The number of allylic oxidation sites excluding steroid dienone is 8. The number of ether oxygens (including phenoxy) is 2. The number of esters is 1. The third-order valence-electron chi connectivity index (χ3n) is 11.6. The molecule has 0 spiro atoms. The van der Waals surface area contributed by atoms with Crippen LogP contribution in [0.1, 0.15) is 239 Å². The molecule has 0 aliphatic rings. The Morgan fingerprint density at radius 2 is 0.906 bits per heavy atom. The number of hydrogen-bond donors (Lipinski definition) is 0. The quantitative estimate of drug-likeness (QED) is 0.0197. The maximum atomic E-state index is 12.8. The summed E-state index contributed by atoms with van der Waals surface area (Å²) >= 11 is 0. The highest BCUT2D eigenvalue weighted by Gasteiger charge is 2.20. The zero-order valence-electron chi connectivity index (χ0n) is 42.7. The topological polar surface area (TPSA) is 94.1 Å². The Kier molecular flexibility index (Phi) is 46.8. The van der Waals surface area contributed by atoms with Gasteiger partial charge in [-0.1, -0.05) is 229 Å². The molecule has 9 heteroatoms. The van der Waals surface area contributed by atoms with Crippen molar-refractivity contribution in [3.8, 4) is 0 Å². The van der Waals surface area contributed by atoms with Crippen molar-refractivity contribution in [3.63, 3.8) is 0 Å². The number of nitrogens with zero attached hydrogens (tertiary/aromatic N) is 1. The lowest BCUT2D eigenvalue weighted by Crippen LogP contribution is -2.37. The van der Waals surface area contributed by atoms with E-state index >= 15 is 0 Å². The lowest BCUT2D eigenvalue weighted by Gasteiger charge is -2.28. The molecule has 0 aliphatic heterocycles. The summed E-state index contributed by atoms with van der Waals surface area (Å²) < 4.78 is 34.8. The van der Waals surface area contributed by atoms with E-state index in [2.05, 4.69) is 62.5 Å². The maximum absolute atomic E-state index is 12.8. The van der Waals surface area contributed by atoms with Crippen molar-refractivity contribution in [3.05, 3.63) is 48.6 Å². The van der Waals surface area contributed by atoms with Gasteiger partial charge in [-0.3, -0.25) is 9.36 Å². The second kappa shape index (κ2) is 47.9. The fourth-order valence-corrected chi connectivity index (χ4v) is 8.27. The molecule has 2 unspecified atom stereocenters. The van der Waals surface area contributed by atoms with Crippen LogP contribution in [0.15, 0.2) is 48.6 Å². The van der Waals surface area contributed by atoms with E-state index in [0.717, 1.165) is 64.2 Å². The number of carbonyl (C=O) groups excluding carboxylic acids is 1. The predicted octanol–water partition coefficient (Wildman–Crippen LogP) is 16.0. The van der Waals surface area contributed by atoms with Gasteiger partial charge < -0.3 is 27.9 Å². The molecule has 0 bridgehead atoms. The van der Waals surface area contributed by atoms with E-state index < -0.39 is 13.9 Å². The number of likely N-dealkylation sites (N-methyl/N-ethyl adjacent to an activating group) is 1. The van der Waals surface area contributed by atoms with Crippen LogP contribution >= 0.6 is 7.82 Å². The Balaban J connectivity index is 4.11. The molecule has 0 aromatic heterocycles. The molecule has 0 amide bonds. The molecule has 64 heavy (non-hydrogen) atoms. The lowest BCUT2D eigenvalue weighted by molar-refractivity contribution is -0.870. The van der Waals surface area contributed by atoms with Crippen molar-refractivity contribution in [1.29, 1.82) is 0 Å². The average molecular weight is 922 g/mol. The summed E-state index contributed by atoms with van der Waals surface area (Å²) in [5, 5.41) is 0. The summed E-state index contributed by atoms with van der Waals surface area (Å²) in [5.41, 5.74) is 0. The minimum atomic E-state index is -4.53. The summed E-state index contributed by atoms with van der Waals surface area (Å²) in [6.07, 6.45) is 60.0. The van der Waals surface area contributed by atoms with Gasteiger partial charge in [-0.05, 0) is 51.4 Å². The summed E-state index contributed by atoms with van der Waals surface area (Å²) in [4.78, 5) is 25.2. The van der Waals surface area contributed by atoms with Gasteiger partial charge in [0.25, 0.3) is 7.82 Å². The van der Waals surface area contributed by atoms with E-state index in [0.29, 0.717) is 24.1 Å². The number of phosphoric acid groups is 1. The Labute approximate surface area is 397 Å². The molecular weight excluding hydrogens is 818 g/mol. The number of unbranched alkanes of at least 4 members (excludes halogenated alkanes) is 28. The monoisotopic (exact) mass is 922 g/mol. The first-order chi connectivity index (χ1) is 31.1. The molecule has 8 nitrogen and oxygen atoms in total. The van der Waals surface area contributed by atoms with Gasteiger partial charge in [0.1, 0.15) is 19.3 Å². The standard InChI is InChI=1S/C55H104NO7P/c1-6-8-10-12-14-16-18-20-22-24-26-28-29-30-32-34-36-38-40-42-44-46-48-55(57)63-54(53-62-64(58,59)61-51-49-56(3,4)5)52-60-50-47-45-43-41-39-37-35-33-31-27-25-23-21-19-17-15-13-11-9-7-2/h9,11,15,17,21,23,27,31,54H,6-8,10,12-14,16,18-20,22,24-26,28-30,32-53H2,1-5H3/b11-9-,17-15-,23-21-,31-27-. The first kappa shape index (κ1) is 62.5. The number of quaternary nitrogens is 1. The summed E-state index contributed by atoms with van der Waals surface area (Å²) in [6.45, 7) is 5.31. The van der Waals surface area contributed by atoms with Crippen LogP contribution in [0.2, 0.25) is 0 Å². The molecule has 0 aliphatic carbocycles. The van der Waals surface area contributed by atoms with Gasteiger partial charge in [0.15, 0.2) is 0 Å². The van der Waals surface area contributed by atoms with Crippen molar-refractivity contribution < 1.29 is 37.3 Å². The minimum Gasteiger partial charge on any atom is -0.756 e. The van der Waals surface area contributed by atoms with Crippen LogP contribution in [0.5, 0.6) is 0 Å². The molecule has 0 saturated carbocycles. The minimum absolute atomic E-state index is 0.0238. The van der Waals surface area contributed by atoms with Crippen molar-refractivity contribution >= 4 is 13.8 Å². The Morgan fingerprint density at radius 1 is 0.500 bits per heavy atom. The smallest absolute Gasteiger partial charge is 0.306 e. The summed E-state index contributed by atoms with van der Waals surface area (Å²) in [7, 11) is 1.35. The fraction of sp³-hybridized carbons (Fsp3) is 0.836. The normalized spacial score (nSPS) is 13.9. The van der Waals surface area contributed by atoms with Gasteiger partial charge in [0.2, 0.25) is 0 Å². The highest BCUT2D eigenvalue weighted by atomic mass is 31.2. The van der Waals surface area contributed by atoms with Crippen molar-refractivity contribution in [2.24, 2.45) is 0 Å². The first-order valence-corrected chi connectivity index (χ1v) is 28.3. The van der Waals surface area contributed by atoms with Gasteiger partial charge in [0, 0.05) is 13.0 Å². The van der Waals surface area contributed by atoms with Crippen LogP contribution < -0.4 is 4.89 Å². The largest absolute Gasteiger partial charge is 0.756 e. The van der Waals surface area contributed by atoms with Crippen LogP contribution in [0.25, 0.3) is 0 Å². The fourth-order valence-electron chi connectivity index (χ4n) is 7.54. The molecular formula is C55H104NO7P. The number of carbonyl (C=O) groups is 1. The third-order valence-corrected chi connectivity index (χ3v) is 12.6. The molecule has 2 atom stereocenters. The van der Waals surface area contributed by atoms with E-state index in [1.165, 1.54) is 154 Å². The predicted molar refractivity (Wildman–Crippen MR) is 273 cm³/mol. The van der Waals surface area contributed by atoms with E-state index in [1.54, 1.807) is 0 Å². The molecule has 0 radical (unpaired) electrons. The first-order valence-electron chi connectivity index (χ1n) is 26.9. The van der Waals surface area contributed by atoms with Crippen LogP contribution in [0.3, 0.4) is 0 Å². The van der Waals surface area contributed by atoms with Crippen molar-refractivity contribution in [2.45, 2.75) is 245 Å². The van der Waals surface area contributed by atoms with Crippen LogP contribution in [-0.4, -0.2) is 70.7 Å². The number of rotatable bonds is 50. The van der Waals surface area contributed by atoms with Crippen molar-refractivity contribution in [1.82, 2.24) is 0 Å². The van der Waals surface area contributed by atoms with Crippen molar-refractivity contribution in [2.75, 3.05) is 54.1 Å². The lowest BCUT2D eigenvalue weighted by atomic mass is 10.0. The maximum Gasteiger partial charge on any atom is 0.306 e. The second-order valence-corrected chi connectivity index (χ2v) is 20.6. The van der Waals surface area contributed by atoms with Gasteiger partial charge >= 0.3 is 5.97 Å². The Hall–Kier alpha value is -1.54. The molecule has 0 aromatic carbocycles. The number of hydrogen-bond acceptors (Lipinski definition) is 7. The SMILES string of the molecule is CC/C=C\C/C=C\C/C=C\C/C=C\CCCCCCCCCOCC(COP(=O)([O-])OCC[N+](C)(C)C)OC(=O)CCCCCCCCCCCCCCCCCCCCCCCC. The molecule has 0 fully saturated rings. The molecule has 0 rings (SSSR count). The molecule has 0 aromatic rings. The summed E-state index contributed by atoms with van der Waals surface area (Å²) in [6, 6.07) is 0. The van der Waals surface area contributed by atoms with Gasteiger partial charge in [0.05, 0.1) is 34.4 Å². The Bertz CT molecular complexity index is 1160. The summed E-state index contributed by atoms with van der Waals surface area (Å²) in [5.74, 6) is -0.334. The molecule has 0 N–H and O–H groups in total. The highest BCUT2D eigenvalue weighted by Crippen LogP contribution is 2.38. The third kappa shape index (κ3) is 51.4. The van der Waals surface area contributed by atoms with Gasteiger partial charge in [-0.15, -0.1) is 0 Å². The second-order valence-electron chi connectivity index (χ2n) is 19.2. The molecule has 376 valence electrons. The van der Waals surface area contributed by atoms with E-state index in [1.807, 2.05) is 21.1 Å². The molecule has 0 heterocycles. The number of phosphoric ester groups is 1. The molecule has 0 saturated heterocycles. The van der Waals surface area contributed by atoms with Crippen LogP contribution in [0.4, 0.5) is 0 Å². The highest BCUT2D eigenvalue weighted by molar-refractivity contribution is 7.45.